The monoisotopic (exact) mass is 313 g/mol. The minimum Gasteiger partial charge on any atom is -0.468 e. The van der Waals surface area contributed by atoms with Crippen molar-refractivity contribution in [3.63, 3.8) is 0 Å². The molecule has 0 spiro atoms. The molecule has 0 aliphatic rings. The molecule has 0 aliphatic heterocycles. The molecule has 21 heavy (non-hydrogen) atoms. The van der Waals surface area contributed by atoms with E-state index in [0.29, 0.717) is 6.42 Å². The topological polar surface area (TPSA) is 58.6 Å². The molecule has 0 heterocycles. The Morgan fingerprint density at radius 2 is 1.81 bits per heavy atom. The minimum atomic E-state index is -4.56. The van der Waals surface area contributed by atoms with E-state index in [1.54, 1.807) is 27.7 Å². The number of hydrogen-bond acceptors (Lipinski definition) is 4. The van der Waals surface area contributed by atoms with Gasteiger partial charge < -0.3 is 9.84 Å². The highest BCUT2D eigenvalue weighted by molar-refractivity contribution is 5.76. The second kappa shape index (κ2) is 8.58. The van der Waals surface area contributed by atoms with Crippen LogP contribution in [0, 0.1) is 17.8 Å². The van der Waals surface area contributed by atoms with E-state index in [9.17, 15) is 23.1 Å². The second-order valence-electron chi connectivity index (χ2n) is 5.66. The quantitative estimate of drug-likeness (QED) is 0.676. The number of rotatable bonds is 8. The number of aliphatic hydroxyl groups excluding tert-OH is 1. The summed E-state index contributed by atoms with van der Waals surface area (Å²) in [7, 11) is 1.15. The number of alkyl halides is 3. The largest absolute Gasteiger partial charge is 0.468 e. The highest BCUT2D eigenvalue weighted by Gasteiger charge is 2.47. The average Bonchev–Trinajstić information content (AvgIpc) is 2.39. The number of esters is 1. The van der Waals surface area contributed by atoms with Crippen molar-refractivity contribution in [1.82, 2.24) is 5.32 Å². The number of carbonyl (C=O) groups is 1. The molecule has 0 rings (SSSR count). The zero-order valence-corrected chi connectivity index (χ0v) is 13.2. The molecular weight excluding hydrogens is 287 g/mol. The minimum absolute atomic E-state index is 0.311. The van der Waals surface area contributed by atoms with Crippen molar-refractivity contribution in [2.75, 3.05) is 13.7 Å². The van der Waals surface area contributed by atoms with E-state index in [-0.39, 0.29) is 11.8 Å². The molecule has 0 aliphatic carbocycles. The first-order chi connectivity index (χ1) is 9.59. The third-order valence-electron chi connectivity index (χ3n) is 3.88. The van der Waals surface area contributed by atoms with Gasteiger partial charge in [-0.05, 0) is 11.8 Å². The van der Waals surface area contributed by atoms with E-state index in [0.717, 1.165) is 7.11 Å². The maximum atomic E-state index is 13.3. The third kappa shape index (κ3) is 5.82. The average molecular weight is 313 g/mol. The Labute approximate surface area is 124 Å². The lowest BCUT2D eigenvalue weighted by atomic mass is 9.87. The van der Waals surface area contributed by atoms with E-state index in [1.807, 2.05) is 0 Å². The Bertz CT molecular complexity index is 321. The first kappa shape index (κ1) is 20.2. The first-order valence-electron chi connectivity index (χ1n) is 7.11. The molecule has 126 valence electrons. The van der Waals surface area contributed by atoms with Crippen molar-refractivity contribution in [2.24, 2.45) is 17.8 Å². The van der Waals surface area contributed by atoms with E-state index in [4.69, 9.17) is 0 Å². The van der Waals surface area contributed by atoms with Gasteiger partial charge in [0.05, 0.1) is 7.11 Å². The summed E-state index contributed by atoms with van der Waals surface area (Å²) < 4.78 is 44.5. The summed E-state index contributed by atoms with van der Waals surface area (Å²) in [6, 6.07) is -3.01. The van der Waals surface area contributed by atoms with Gasteiger partial charge in [-0.3, -0.25) is 10.1 Å². The van der Waals surface area contributed by atoms with Crippen molar-refractivity contribution in [2.45, 2.75) is 52.4 Å². The predicted molar refractivity (Wildman–Crippen MR) is 73.7 cm³/mol. The molecule has 0 saturated heterocycles. The lowest BCUT2D eigenvalue weighted by molar-refractivity contribution is -0.180. The van der Waals surface area contributed by atoms with E-state index >= 15 is 0 Å². The number of nitrogens with one attached hydrogen (secondary N) is 1. The van der Waals surface area contributed by atoms with Crippen molar-refractivity contribution < 1.29 is 27.8 Å². The number of carbonyl (C=O) groups excluding carboxylic acids is 1. The van der Waals surface area contributed by atoms with Gasteiger partial charge >= 0.3 is 12.1 Å². The van der Waals surface area contributed by atoms with Crippen LogP contribution in [0.4, 0.5) is 13.2 Å². The SMILES string of the molecule is CCC(C)[C@H](N[C@@H]([C@H](CO)C(C)C)C(F)(F)F)C(=O)OC. The molecule has 0 radical (unpaired) electrons. The maximum Gasteiger partial charge on any atom is 0.404 e. The van der Waals surface area contributed by atoms with Gasteiger partial charge in [-0.2, -0.15) is 13.2 Å². The van der Waals surface area contributed by atoms with Crippen LogP contribution in [-0.2, 0) is 9.53 Å². The lowest BCUT2D eigenvalue weighted by Gasteiger charge is -2.35. The van der Waals surface area contributed by atoms with Gasteiger partial charge in [-0.25, -0.2) is 0 Å². The van der Waals surface area contributed by atoms with Crippen molar-refractivity contribution in [1.29, 1.82) is 0 Å². The third-order valence-corrected chi connectivity index (χ3v) is 3.88. The Kier molecular flexibility index (Phi) is 8.25. The van der Waals surface area contributed by atoms with Crippen LogP contribution < -0.4 is 5.32 Å². The fraction of sp³-hybridized carbons (Fsp3) is 0.929. The predicted octanol–water partition coefficient (Wildman–Crippen LogP) is 2.36. The molecule has 4 atom stereocenters. The summed E-state index contributed by atoms with van der Waals surface area (Å²) in [5, 5.41) is 11.6. The van der Waals surface area contributed by atoms with Gasteiger partial charge in [-0.15, -0.1) is 0 Å². The second-order valence-corrected chi connectivity index (χ2v) is 5.66. The van der Waals surface area contributed by atoms with Crippen LogP contribution in [-0.4, -0.2) is 43.1 Å². The molecule has 1 unspecified atom stereocenters. The number of methoxy groups -OCH3 is 1. The molecule has 0 aromatic rings. The van der Waals surface area contributed by atoms with E-state index < -0.39 is 36.8 Å². The summed E-state index contributed by atoms with van der Waals surface area (Å²) in [6.07, 6.45) is -4.03. The number of ether oxygens (including phenoxy) is 1. The maximum absolute atomic E-state index is 13.3. The standard InChI is InChI=1S/C14H26F3NO3/c1-6-9(4)11(13(20)21-5)18-12(14(15,16)17)10(7-19)8(2)3/h8-12,18-19H,6-7H2,1-5H3/t9?,10-,11+,12+/m1/s1. The molecular formula is C14H26F3NO3. The van der Waals surface area contributed by atoms with Crippen LogP contribution in [0.25, 0.3) is 0 Å². The van der Waals surface area contributed by atoms with Gasteiger partial charge in [-0.1, -0.05) is 34.1 Å². The van der Waals surface area contributed by atoms with E-state index in [2.05, 4.69) is 10.1 Å². The Hall–Kier alpha value is -0.820. The smallest absolute Gasteiger partial charge is 0.404 e. The first-order valence-corrected chi connectivity index (χ1v) is 7.11. The Morgan fingerprint density at radius 3 is 2.10 bits per heavy atom. The van der Waals surface area contributed by atoms with Crippen molar-refractivity contribution >= 4 is 5.97 Å². The van der Waals surface area contributed by atoms with Crippen LogP contribution in [0.3, 0.4) is 0 Å². The molecule has 7 heteroatoms. The zero-order valence-electron chi connectivity index (χ0n) is 13.2. The van der Waals surface area contributed by atoms with E-state index in [1.165, 1.54) is 0 Å². The molecule has 0 bridgehead atoms. The molecule has 0 amide bonds. The summed E-state index contributed by atoms with van der Waals surface area (Å²) in [4.78, 5) is 11.7. The summed E-state index contributed by atoms with van der Waals surface area (Å²) >= 11 is 0. The summed E-state index contributed by atoms with van der Waals surface area (Å²) in [6.45, 7) is 6.08. The molecule has 0 saturated carbocycles. The number of aliphatic hydroxyl groups is 1. The fourth-order valence-electron chi connectivity index (χ4n) is 2.18. The highest BCUT2D eigenvalue weighted by Crippen LogP contribution is 2.31. The molecule has 0 aromatic carbocycles. The van der Waals surface area contributed by atoms with Crippen molar-refractivity contribution in [3.8, 4) is 0 Å². The molecule has 0 fully saturated rings. The lowest BCUT2D eigenvalue weighted by Crippen LogP contribution is -2.57. The van der Waals surface area contributed by atoms with Crippen LogP contribution in [0.1, 0.15) is 34.1 Å². The van der Waals surface area contributed by atoms with Gasteiger partial charge in [0, 0.05) is 12.5 Å². The molecule has 0 aromatic heterocycles. The normalized spacial score (nSPS) is 18.2. The zero-order chi connectivity index (χ0) is 16.8. The van der Waals surface area contributed by atoms with Gasteiger partial charge in [0.1, 0.15) is 12.1 Å². The van der Waals surface area contributed by atoms with Gasteiger partial charge in [0.25, 0.3) is 0 Å². The highest BCUT2D eigenvalue weighted by atomic mass is 19.4. The molecule has 4 nitrogen and oxygen atoms in total. The van der Waals surface area contributed by atoms with Gasteiger partial charge in [0.2, 0.25) is 0 Å². The Balaban J connectivity index is 5.38. The fourth-order valence-corrected chi connectivity index (χ4v) is 2.18. The number of hydrogen-bond donors (Lipinski definition) is 2. The van der Waals surface area contributed by atoms with Crippen LogP contribution in [0.5, 0.6) is 0 Å². The molecule has 2 N–H and O–H groups in total. The Morgan fingerprint density at radius 1 is 1.29 bits per heavy atom. The summed E-state index contributed by atoms with van der Waals surface area (Å²) in [5.41, 5.74) is 0. The van der Waals surface area contributed by atoms with Crippen molar-refractivity contribution in [3.05, 3.63) is 0 Å². The summed E-state index contributed by atoms with van der Waals surface area (Å²) in [5.74, 6) is -2.45. The number of halogens is 3. The van der Waals surface area contributed by atoms with Crippen LogP contribution in [0.2, 0.25) is 0 Å². The van der Waals surface area contributed by atoms with Gasteiger partial charge in [0.15, 0.2) is 0 Å². The van der Waals surface area contributed by atoms with Crippen LogP contribution >= 0.6 is 0 Å². The van der Waals surface area contributed by atoms with Crippen LogP contribution in [0.15, 0.2) is 0 Å².